The molecule has 1 saturated heterocycles. The van der Waals surface area contributed by atoms with E-state index in [0.29, 0.717) is 6.04 Å². The second kappa shape index (κ2) is 7.85. The number of rotatable bonds is 7. The average Bonchev–Trinajstić information content (AvgIpc) is 2.27. The van der Waals surface area contributed by atoms with E-state index in [1.807, 2.05) is 4.90 Å². The van der Waals surface area contributed by atoms with Crippen molar-refractivity contribution in [2.75, 3.05) is 32.7 Å². The van der Waals surface area contributed by atoms with E-state index in [9.17, 15) is 4.79 Å². The lowest BCUT2D eigenvalue weighted by molar-refractivity contribution is -0.138. The van der Waals surface area contributed by atoms with Gasteiger partial charge in [-0.05, 0) is 24.7 Å². The van der Waals surface area contributed by atoms with E-state index in [-0.39, 0.29) is 6.54 Å². The Bertz CT molecular complexity index is 261. The summed E-state index contributed by atoms with van der Waals surface area (Å²) in [5, 5.41) is 8.82. The van der Waals surface area contributed by atoms with Crippen molar-refractivity contribution in [2.45, 2.75) is 46.6 Å². The van der Waals surface area contributed by atoms with Crippen LogP contribution in [0.2, 0.25) is 0 Å². The molecule has 0 aromatic carbocycles. The lowest BCUT2D eigenvalue weighted by Crippen LogP contribution is -2.51. The van der Waals surface area contributed by atoms with E-state index in [1.54, 1.807) is 0 Å². The second-order valence-corrected chi connectivity index (χ2v) is 6.62. The van der Waals surface area contributed by atoms with Crippen LogP contribution < -0.4 is 0 Å². The van der Waals surface area contributed by atoms with E-state index in [4.69, 9.17) is 5.11 Å². The largest absolute Gasteiger partial charge is 0.480 e. The zero-order valence-electron chi connectivity index (χ0n) is 12.9. The molecule has 4 nitrogen and oxygen atoms in total. The van der Waals surface area contributed by atoms with Gasteiger partial charge in [-0.1, -0.05) is 27.7 Å². The van der Waals surface area contributed by atoms with Gasteiger partial charge in [-0.3, -0.25) is 14.6 Å². The summed E-state index contributed by atoms with van der Waals surface area (Å²) < 4.78 is 0. The fourth-order valence-electron chi connectivity index (χ4n) is 2.96. The first-order valence-electron chi connectivity index (χ1n) is 7.56. The molecule has 4 heteroatoms. The maximum Gasteiger partial charge on any atom is 0.317 e. The highest BCUT2D eigenvalue weighted by Crippen LogP contribution is 2.20. The minimum absolute atomic E-state index is 0.187. The van der Waals surface area contributed by atoms with Crippen molar-refractivity contribution in [3.8, 4) is 0 Å². The summed E-state index contributed by atoms with van der Waals surface area (Å²) in [6.07, 6.45) is 2.49. The minimum Gasteiger partial charge on any atom is -0.480 e. The number of hydrogen-bond acceptors (Lipinski definition) is 3. The van der Waals surface area contributed by atoms with Gasteiger partial charge in [0.1, 0.15) is 0 Å². The standard InChI is InChI=1S/C15H30N2O2/c1-12(2)9-14(10-13(3)4)17-7-5-16(6-8-17)11-15(18)19/h12-14H,5-11H2,1-4H3,(H,18,19). The molecule has 19 heavy (non-hydrogen) atoms. The minimum atomic E-state index is -0.714. The molecule has 0 unspecified atom stereocenters. The molecule has 0 saturated carbocycles. The number of carbonyl (C=O) groups is 1. The molecule has 1 rings (SSSR count). The Morgan fingerprint density at radius 2 is 1.47 bits per heavy atom. The van der Waals surface area contributed by atoms with Crippen LogP contribution in [0.3, 0.4) is 0 Å². The zero-order chi connectivity index (χ0) is 14.4. The highest BCUT2D eigenvalue weighted by molar-refractivity contribution is 5.69. The number of aliphatic carboxylic acids is 1. The molecule has 1 fully saturated rings. The molecular formula is C15H30N2O2. The van der Waals surface area contributed by atoms with Crippen molar-refractivity contribution >= 4 is 5.97 Å². The van der Waals surface area contributed by atoms with Gasteiger partial charge in [0.2, 0.25) is 0 Å². The molecule has 1 aliphatic rings. The first-order valence-corrected chi connectivity index (χ1v) is 7.56. The summed E-state index contributed by atoms with van der Waals surface area (Å²) in [7, 11) is 0. The first kappa shape index (κ1) is 16.4. The van der Waals surface area contributed by atoms with Crippen LogP contribution in [0.15, 0.2) is 0 Å². The van der Waals surface area contributed by atoms with Crippen molar-refractivity contribution in [1.82, 2.24) is 9.80 Å². The summed E-state index contributed by atoms with van der Waals surface area (Å²) >= 11 is 0. The molecule has 1 N–H and O–H groups in total. The maximum atomic E-state index is 10.7. The molecular weight excluding hydrogens is 240 g/mol. The average molecular weight is 270 g/mol. The van der Waals surface area contributed by atoms with E-state index in [2.05, 4.69) is 32.6 Å². The first-order chi connectivity index (χ1) is 8.88. The maximum absolute atomic E-state index is 10.7. The van der Waals surface area contributed by atoms with Gasteiger partial charge in [-0.2, -0.15) is 0 Å². The Labute approximate surface area is 117 Å². The van der Waals surface area contributed by atoms with Gasteiger partial charge < -0.3 is 5.11 Å². The van der Waals surface area contributed by atoms with Crippen LogP contribution in [-0.2, 0) is 4.79 Å². The third kappa shape index (κ3) is 6.39. The molecule has 0 aliphatic carbocycles. The fourth-order valence-corrected chi connectivity index (χ4v) is 2.96. The zero-order valence-corrected chi connectivity index (χ0v) is 12.9. The monoisotopic (exact) mass is 270 g/mol. The molecule has 0 spiro atoms. The Hall–Kier alpha value is -0.610. The van der Waals surface area contributed by atoms with Gasteiger partial charge in [0.05, 0.1) is 6.54 Å². The van der Waals surface area contributed by atoms with Crippen molar-refractivity contribution in [3.63, 3.8) is 0 Å². The quantitative estimate of drug-likeness (QED) is 0.770. The highest BCUT2D eigenvalue weighted by atomic mass is 16.4. The lowest BCUT2D eigenvalue weighted by Gasteiger charge is -2.40. The molecule has 0 bridgehead atoms. The Morgan fingerprint density at radius 1 is 1.00 bits per heavy atom. The molecule has 0 amide bonds. The van der Waals surface area contributed by atoms with Crippen LogP contribution in [0.1, 0.15) is 40.5 Å². The van der Waals surface area contributed by atoms with Crippen molar-refractivity contribution in [3.05, 3.63) is 0 Å². The summed E-state index contributed by atoms with van der Waals surface area (Å²) in [5.74, 6) is 0.732. The second-order valence-electron chi connectivity index (χ2n) is 6.62. The third-order valence-corrected chi connectivity index (χ3v) is 3.77. The Kier molecular flexibility index (Phi) is 6.80. The third-order valence-electron chi connectivity index (χ3n) is 3.77. The van der Waals surface area contributed by atoms with E-state index < -0.39 is 5.97 Å². The van der Waals surface area contributed by atoms with E-state index in [0.717, 1.165) is 38.0 Å². The molecule has 1 aliphatic heterocycles. The number of carboxylic acids is 1. The molecule has 0 aromatic rings. The number of nitrogens with zero attached hydrogens (tertiary/aromatic N) is 2. The molecule has 112 valence electrons. The van der Waals surface area contributed by atoms with Gasteiger partial charge >= 0.3 is 5.97 Å². The van der Waals surface area contributed by atoms with Crippen LogP contribution in [-0.4, -0.2) is 59.6 Å². The van der Waals surface area contributed by atoms with Gasteiger partial charge in [0.25, 0.3) is 0 Å². The SMILES string of the molecule is CC(C)CC(CC(C)C)N1CCN(CC(=O)O)CC1. The molecule has 0 radical (unpaired) electrons. The normalized spacial score (nSPS) is 18.7. The van der Waals surface area contributed by atoms with Gasteiger partial charge in [-0.25, -0.2) is 0 Å². The summed E-state index contributed by atoms with van der Waals surface area (Å²) in [5.41, 5.74) is 0. The number of hydrogen-bond donors (Lipinski definition) is 1. The summed E-state index contributed by atoms with van der Waals surface area (Å²) in [6, 6.07) is 0.659. The summed E-state index contributed by atoms with van der Waals surface area (Å²) in [6.45, 7) is 13.1. The topological polar surface area (TPSA) is 43.8 Å². The Balaban J connectivity index is 2.46. The van der Waals surface area contributed by atoms with Crippen LogP contribution in [0.25, 0.3) is 0 Å². The molecule has 0 aromatic heterocycles. The van der Waals surface area contributed by atoms with Gasteiger partial charge in [0.15, 0.2) is 0 Å². The number of piperazine rings is 1. The predicted octanol–water partition coefficient (Wildman–Crippen LogP) is 2.15. The van der Waals surface area contributed by atoms with Crippen LogP contribution in [0.4, 0.5) is 0 Å². The van der Waals surface area contributed by atoms with Crippen LogP contribution in [0, 0.1) is 11.8 Å². The smallest absolute Gasteiger partial charge is 0.317 e. The molecule has 0 atom stereocenters. The molecule has 1 heterocycles. The van der Waals surface area contributed by atoms with E-state index >= 15 is 0 Å². The summed E-state index contributed by atoms with van der Waals surface area (Å²) in [4.78, 5) is 15.3. The Morgan fingerprint density at radius 3 is 1.84 bits per heavy atom. The van der Waals surface area contributed by atoms with Crippen LogP contribution >= 0.6 is 0 Å². The van der Waals surface area contributed by atoms with Gasteiger partial charge in [0, 0.05) is 32.2 Å². The van der Waals surface area contributed by atoms with Crippen molar-refractivity contribution < 1.29 is 9.90 Å². The fraction of sp³-hybridized carbons (Fsp3) is 0.933. The highest BCUT2D eigenvalue weighted by Gasteiger charge is 2.25. The van der Waals surface area contributed by atoms with Gasteiger partial charge in [-0.15, -0.1) is 0 Å². The number of carboxylic acid groups (broad SMARTS) is 1. The predicted molar refractivity (Wildman–Crippen MR) is 78.3 cm³/mol. The lowest BCUT2D eigenvalue weighted by atomic mass is 9.94. The van der Waals surface area contributed by atoms with Crippen LogP contribution in [0.5, 0.6) is 0 Å². The van der Waals surface area contributed by atoms with Crippen molar-refractivity contribution in [1.29, 1.82) is 0 Å². The van der Waals surface area contributed by atoms with E-state index in [1.165, 1.54) is 12.8 Å². The van der Waals surface area contributed by atoms with Crippen molar-refractivity contribution in [2.24, 2.45) is 11.8 Å².